The van der Waals surface area contributed by atoms with E-state index in [9.17, 15) is 4.79 Å². The largest absolute Gasteiger partial charge is 0.497 e. The van der Waals surface area contributed by atoms with E-state index in [1.807, 2.05) is 14.0 Å². The molecule has 1 atom stereocenters. The van der Waals surface area contributed by atoms with Crippen LogP contribution < -0.4 is 10.1 Å². The Bertz CT molecular complexity index is 607. The number of benzene rings is 1. The van der Waals surface area contributed by atoms with Crippen LogP contribution in [0.25, 0.3) is 0 Å². The highest BCUT2D eigenvalue weighted by Gasteiger charge is 2.12. The molecule has 0 aliphatic rings. The van der Waals surface area contributed by atoms with Gasteiger partial charge in [0.15, 0.2) is 11.6 Å². The number of nitrogens with zero attached hydrogens (tertiary/aromatic N) is 2. The minimum absolute atomic E-state index is 0.0472. The molecule has 6 heteroatoms. The summed E-state index contributed by atoms with van der Waals surface area (Å²) in [5.41, 5.74) is 0.657. The summed E-state index contributed by atoms with van der Waals surface area (Å²) < 4.78 is 10.2. The Hall–Kier alpha value is -2.21. The number of likely N-dealkylation sites (N-methyl/N-ethyl adjacent to an activating group) is 1. The average molecular weight is 303 g/mol. The maximum absolute atomic E-state index is 12.1. The van der Waals surface area contributed by atoms with E-state index in [0.29, 0.717) is 36.5 Å². The van der Waals surface area contributed by atoms with Gasteiger partial charge in [-0.1, -0.05) is 5.16 Å². The van der Waals surface area contributed by atoms with Crippen LogP contribution in [0.5, 0.6) is 5.75 Å². The van der Waals surface area contributed by atoms with Crippen LogP contribution in [0, 0.1) is 0 Å². The number of hydrogen-bond acceptors (Lipinski definition) is 6. The molecule has 0 aliphatic carbocycles. The van der Waals surface area contributed by atoms with E-state index < -0.39 is 0 Å². The summed E-state index contributed by atoms with van der Waals surface area (Å²) in [5, 5.41) is 7.04. The van der Waals surface area contributed by atoms with Crippen LogP contribution in [0.15, 0.2) is 28.8 Å². The van der Waals surface area contributed by atoms with Crippen LogP contribution >= 0.6 is 0 Å². The molecule has 1 aromatic heterocycles. The fourth-order valence-corrected chi connectivity index (χ4v) is 1.99. The van der Waals surface area contributed by atoms with Gasteiger partial charge in [0.25, 0.3) is 0 Å². The van der Waals surface area contributed by atoms with Gasteiger partial charge in [0.2, 0.25) is 5.89 Å². The minimum atomic E-state index is 0.0472. The standard InChI is InChI=1S/C16H21N3O3/c1-11(17-2)10-15-18-16(22-19-15)9-8-14(20)12-4-6-13(21-3)7-5-12/h4-7,11,17H,8-10H2,1-3H3. The van der Waals surface area contributed by atoms with Crippen molar-refractivity contribution in [3.05, 3.63) is 41.5 Å². The van der Waals surface area contributed by atoms with Crippen LogP contribution in [-0.4, -0.2) is 36.1 Å². The van der Waals surface area contributed by atoms with E-state index in [1.165, 1.54) is 0 Å². The van der Waals surface area contributed by atoms with Gasteiger partial charge in [0, 0.05) is 30.9 Å². The maximum Gasteiger partial charge on any atom is 0.227 e. The van der Waals surface area contributed by atoms with E-state index in [-0.39, 0.29) is 11.8 Å². The van der Waals surface area contributed by atoms with E-state index in [0.717, 1.165) is 5.75 Å². The first-order chi connectivity index (χ1) is 10.6. The van der Waals surface area contributed by atoms with Crippen molar-refractivity contribution in [2.45, 2.75) is 32.2 Å². The monoisotopic (exact) mass is 303 g/mol. The Kier molecular flexibility index (Phi) is 5.66. The molecule has 22 heavy (non-hydrogen) atoms. The van der Waals surface area contributed by atoms with Crippen molar-refractivity contribution in [3.63, 3.8) is 0 Å². The predicted molar refractivity (Wildman–Crippen MR) is 82.2 cm³/mol. The number of ether oxygens (including phenoxy) is 1. The van der Waals surface area contributed by atoms with Gasteiger partial charge in [-0.25, -0.2) is 0 Å². The Morgan fingerprint density at radius 2 is 2.09 bits per heavy atom. The lowest BCUT2D eigenvalue weighted by molar-refractivity contribution is 0.0979. The van der Waals surface area contributed by atoms with E-state index in [2.05, 4.69) is 15.5 Å². The second-order valence-electron chi connectivity index (χ2n) is 5.15. The topological polar surface area (TPSA) is 77.2 Å². The Morgan fingerprint density at radius 1 is 1.36 bits per heavy atom. The zero-order valence-corrected chi connectivity index (χ0v) is 13.1. The first-order valence-corrected chi connectivity index (χ1v) is 7.28. The molecule has 0 bridgehead atoms. The van der Waals surface area contributed by atoms with Crippen LogP contribution in [0.2, 0.25) is 0 Å². The van der Waals surface area contributed by atoms with Crippen LogP contribution in [-0.2, 0) is 12.8 Å². The van der Waals surface area contributed by atoms with Gasteiger partial charge in [-0.15, -0.1) is 0 Å². The van der Waals surface area contributed by atoms with Gasteiger partial charge < -0.3 is 14.6 Å². The van der Waals surface area contributed by atoms with Crippen molar-refractivity contribution in [1.82, 2.24) is 15.5 Å². The highest BCUT2D eigenvalue weighted by molar-refractivity contribution is 5.96. The zero-order chi connectivity index (χ0) is 15.9. The molecule has 2 rings (SSSR count). The van der Waals surface area contributed by atoms with E-state index in [1.54, 1.807) is 31.4 Å². The van der Waals surface area contributed by atoms with Crippen molar-refractivity contribution in [3.8, 4) is 5.75 Å². The van der Waals surface area contributed by atoms with Crippen molar-refractivity contribution >= 4 is 5.78 Å². The van der Waals surface area contributed by atoms with Gasteiger partial charge in [0.1, 0.15) is 5.75 Å². The Balaban J connectivity index is 1.87. The van der Waals surface area contributed by atoms with Gasteiger partial charge >= 0.3 is 0 Å². The molecule has 0 amide bonds. The number of carbonyl (C=O) groups is 1. The van der Waals surface area contributed by atoms with Crippen LogP contribution in [0.4, 0.5) is 0 Å². The van der Waals surface area contributed by atoms with E-state index in [4.69, 9.17) is 9.26 Å². The summed E-state index contributed by atoms with van der Waals surface area (Å²) in [4.78, 5) is 16.4. The molecule has 0 saturated carbocycles. The number of Topliss-reactive ketones (excluding diaryl/α,β-unsaturated/α-hetero) is 1. The summed E-state index contributed by atoms with van der Waals surface area (Å²) in [5.74, 6) is 1.94. The molecule has 0 radical (unpaired) electrons. The van der Waals surface area contributed by atoms with Crippen LogP contribution in [0.3, 0.4) is 0 Å². The summed E-state index contributed by atoms with van der Waals surface area (Å²) >= 11 is 0. The third kappa shape index (κ3) is 4.39. The van der Waals surface area contributed by atoms with Crippen LogP contribution in [0.1, 0.15) is 35.4 Å². The summed E-state index contributed by atoms with van der Waals surface area (Å²) in [6.45, 7) is 2.04. The number of carbonyl (C=O) groups excluding carboxylic acids is 1. The molecule has 0 fully saturated rings. The number of rotatable bonds is 8. The first-order valence-electron chi connectivity index (χ1n) is 7.28. The predicted octanol–water partition coefficient (Wildman–Crippen LogP) is 2.04. The molecule has 1 heterocycles. The third-order valence-corrected chi connectivity index (χ3v) is 3.47. The van der Waals surface area contributed by atoms with Gasteiger partial charge in [-0.05, 0) is 38.2 Å². The highest BCUT2D eigenvalue weighted by Crippen LogP contribution is 2.14. The molecule has 1 N–H and O–H groups in total. The fraction of sp³-hybridized carbons (Fsp3) is 0.438. The summed E-state index contributed by atoms with van der Waals surface area (Å²) in [6.07, 6.45) is 1.49. The molecule has 0 saturated heterocycles. The molecule has 0 aliphatic heterocycles. The Morgan fingerprint density at radius 3 is 2.73 bits per heavy atom. The zero-order valence-electron chi connectivity index (χ0n) is 13.1. The molecular weight excluding hydrogens is 282 g/mol. The molecular formula is C16H21N3O3. The first kappa shape index (κ1) is 16.2. The van der Waals surface area contributed by atoms with Crippen molar-refractivity contribution in [2.75, 3.05) is 14.2 Å². The third-order valence-electron chi connectivity index (χ3n) is 3.47. The van der Waals surface area contributed by atoms with Gasteiger partial charge in [0.05, 0.1) is 7.11 Å². The number of aryl methyl sites for hydroxylation is 1. The SMILES string of the molecule is CNC(C)Cc1noc(CCC(=O)c2ccc(OC)cc2)n1. The number of aromatic nitrogens is 2. The average Bonchev–Trinajstić information content (AvgIpc) is 3.00. The molecule has 1 unspecified atom stereocenters. The lowest BCUT2D eigenvalue weighted by Crippen LogP contribution is -2.24. The number of hydrogen-bond donors (Lipinski definition) is 1. The quantitative estimate of drug-likeness (QED) is 0.752. The number of methoxy groups -OCH3 is 1. The normalized spacial score (nSPS) is 12.1. The lowest BCUT2D eigenvalue weighted by Gasteiger charge is -2.04. The maximum atomic E-state index is 12.1. The molecule has 118 valence electrons. The molecule has 6 nitrogen and oxygen atoms in total. The number of nitrogens with one attached hydrogen (secondary N) is 1. The van der Waals surface area contributed by atoms with Crippen molar-refractivity contribution < 1.29 is 14.1 Å². The second kappa shape index (κ2) is 7.70. The fourth-order valence-electron chi connectivity index (χ4n) is 1.99. The van der Waals surface area contributed by atoms with Crippen molar-refractivity contribution in [1.29, 1.82) is 0 Å². The minimum Gasteiger partial charge on any atom is -0.497 e. The Labute approximate surface area is 129 Å². The van der Waals surface area contributed by atoms with Gasteiger partial charge in [-0.2, -0.15) is 4.98 Å². The molecule has 0 spiro atoms. The number of ketones is 1. The summed E-state index contributed by atoms with van der Waals surface area (Å²) in [7, 11) is 3.48. The molecule has 2 aromatic rings. The van der Waals surface area contributed by atoms with Gasteiger partial charge in [-0.3, -0.25) is 4.79 Å². The van der Waals surface area contributed by atoms with E-state index >= 15 is 0 Å². The lowest BCUT2D eigenvalue weighted by atomic mass is 10.1. The smallest absolute Gasteiger partial charge is 0.227 e. The van der Waals surface area contributed by atoms with Crippen molar-refractivity contribution in [2.24, 2.45) is 0 Å². The highest BCUT2D eigenvalue weighted by atomic mass is 16.5. The second-order valence-corrected chi connectivity index (χ2v) is 5.15. The molecule has 1 aromatic carbocycles. The summed E-state index contributed by atoms with van der Waals surface area (Å²) in [6, 6.07) is 7.35.